The molecule has 21 heavy (non-hydrogen) atoms. The van der Waals surface area contributed by atoms with Crippen LogP contribution in [0.3, 0.4) is 0 Å². The summed E-state index contributed by atoms with van der Waals surface area (Å²) in [6, 6.07) is 10.1. The SMILES string of the molecule is CN(CCC(=O)O)CC(=O)NC(c1ccccc1)C1CC1. The molecular formula is C16H22N2O3. The third kappa shape index (κ3) is 5.19. The molecule has 1 fully saturated rings. The number of rotatable bonds is 8. The lowest BCUT2D eigenvalue weighted by Crippen LogP contribution is -2.38. The molecule has 1 amide bonds. The van der Waals surface area contributed by atoms with Crippen molar-refractivity contribution in [1.29, 1.82) is 0 Å². The van der Waals surface area contributed by atoms with Crippen molar-refractivity contribution in [2.24, 2.45) is 5.92 Å². The van der Waals surface area contributed by atoms with Gasteiger partial charge in [-0.1, -0.05) is 30.3 Å². The Morgan fingerprint density at radius 2 is 2.00 bits per heavy atom. The minimum absolute atomic E-state index is 0.0501. The third-order valence-electron chi connectivity index (χ3n) is 3.69. The molecule has 2 N–H and O–H groups in total. The molecule has 0 radical (unpaired) electrons. The molecule has 5 heteroatoms. The molecule has 1 saturated carbocycles. The second kappa shape index (κ2) is 7.22. The van der Waals surface area contributed by atoms with E-state index in [-0.39, 0.29) is 24.9 Å². The maximum absolute atomic E-state index is 12.1. The summed E-state index contributed by atoms with van der Waals surface area (Å²) in [6.07, 6.45) is 2.35. The first-order chi connectivity index (χ1) is 10.1. The Kier molecular flexibility index (Phi) is 5.33. The molecular weight excluding hydrogens is 268 g/mol. The summed E-state index contributed by atoms with van der Waals surface area (Å²) in [4.78, 5) is 24.4. The number of likely N-dealkylation sites (N-methyl/N-ethyl adjacent to an activating group) is 1. The minimum atomic E-state index is -0.845. The Balaban J connectivity index is 1.86. The van der Waals surface area contributed by atoms with Gasteiger partial charge in [0.15, 0.2) is 0 Å². The van der Waals surface area contributed by atoms with Gasteiger partial charge in [0.05, 0.1) is 19.0 Å². The van der Waals surface area contributed by atoms with Gasteiger partial charge in [0, 0.05) is 6.54 Å². The van der Waals surface area contributed by atoms with Crippen LogP contribution in [0.1, 0.15) is 30.9 Å². The zero-order chi connectivity index (χ0) is 15.2. The van der Waals surface area contributed by atoms with Crippen LogP contribution in [0.15, 0.2) is 30.3 Å². The average Bonchev–Trinajstić information content (AvgIpc) is 3.28. The lowest BCUT2D eigenvalue weighted by atomic mass is 10.0. The van der Waals surface area contributed by atoms with E-state index in [0.717, 1.165) is 18.4 Å². The molecule has 2 rings (SSSR count). The maximum atomic E-state index is 12.1. The second-order valence-corrected chi connectivity index (χ2v) is 5.67. The highest BCUT2D eigenvalue weighted by Gasteiger charge is 2.33. The fourth-order valence-electron chi connectivity index (χ4n) is 2.39. The number of carbonyl (C=O) groups excluding carboxylic acids is 1. The summed E-state index contributed by atoms with van der Waals surface area (Å²) in [5.41, 5.74) is 1.14. The Labute approximate surface area is 125 Å². The van der Waals surface area contributed by atoms with Crippen molar-refractivity contribution in [3.8, 4) is 0 Å². The van der Waals surface area contributed by atoms with Crippen LogP contribution in [0.4, 0.5) is 0 Å². The van der Waals surface area contributed by atoms with Crippen LogP contribution >= 0.6 is 0 Å². The smallest absolute Gasteiger partial charge is 0.304 e. The average molecular weight is 290 g/mol. The maximum Gasteiger partial charge on any atom is 0.304 e. The molecule has 1 aliphatic carbocycles. The van der Waals surface area contributed by atoms with Crippen molar-refractivity contribution >= 4 is 11.9 Å². The van der Waals surface area contributed by atoms with Crippen molar-refractivity contribution in [1.82, 2.24) is 10.2 Å². The molecule has 0 saturated heterocycles. The lowest BCUT2D eigenvalue weighted by molar-refractivity contribution is -0.137. The molecule has 1 unspecified atom stereocenters. The third-order valence-corrected chi connectivity index (χ3v) is 3.69. The molecule has 0 bridgehead atoms. The molecule has 0 aliphatic heterocycles. The van der Waals surface area contributed by atoms with E-state index in [1.807, 2.05) is 30.3 Å². The topological polar surface area (TPSA) is 69.6 Å². The zero-order valence-corrected chi connectivity index (χ0v) is 12.3. The van der Waals surface area contributed by atoms with E-state index >= 15 is 0 Å². The number of aliphatic carboxylic acids is 1. The predicted octanol–water partition coefficient (Wildman–Crippen LogP) is 1.66. The number of nitrogens with zero attached hydrogens (tertiary/aromatic N) is 1. The zero-order valence-electron chi connectivity index (χ0n) is 12.3. The van der Waals surface area contributed by atoms with Crippen LogP contribution in [-0.4, -0.2) is 42.0 Å². The Morgan fingerprint density at radius 3 is 2.57 bits per heavy atom. The second-order valence-electron chi connectivity index (χ2n) is 5.67. The first kappa shape index (κ1) is 15.5. The van der Waals surface area contributed by atoms with E-state index in [1.165, 1.54) is 0 Å². The Morgan fingerprint density at radius 1 is 1.33 bits per heavy atom. The van der Waals surface area contributed by atoms with Crippen LogP contribution in [0.25, 0.3) is 0 Å². The van der Waals surface area contributed by atoms with Crippen molar-refractivity contribution in [3.63, 3.8) is 0 Å². The fraction of sp³-hybridized carbons (Fsp3) is 0.500. The number of carboxylic acid groups (broad SMARTS) is 1. The molecule has 0 spiro atoms. The van der Waals surface area contributed by atoms with Gasteiger partial charge >= 0.3 is 5.97 Å². The van der Waals surface area contributed by atoms with Gasteiger partial charge in [-0.3, -0.25) is 14.5 Å². The number of carboxylic acids is 1. The number of carbonyl (C=O) groups is 2. The number of hydrogen-bond donors (Lipinski definition) is 2. The monoisotopic (exact) mass is 290 g/mol. The molecule has 1 aromatic rings. The molecule has 5 nitrogen and oxygen atoms in total. The van der Waals surface area contributed by atoms with Crippen molar-refractivity contribution in [2.45, 2.75) is 25.3 Å². The van der Waals surface area contributed by atoms with Crippen LogP contribution in [0, 0.1) is 5.92 Å². The van der Waals surface area contributed by atoms with Crippen molar-refractivity contribution in [3.05, 3.63) is 35.9 Å². The van der Waals surface area contributed by atoms with Crippen LogP contribution in [0.5, 0.6) is 0 Å². The largest absolute Gasteiger partial charge is 0.481 e. The highest BCUT2D eigenvalue weighted by molar-refractivity contribution is 5.78. The standard InChI is InChI=1S/C16H22N2O3/c1-18(10-9-15(20)21)11-14(19)17-16(13-7-8-13)12-5-3-2-4-6-12/h2-6,13,16H,7-11H2,1H3,(H,17,19)(H,20,21). The van der Waals surface area contributed by atoms with Crippen LogP contribution in [0.2, 0.25) is 0 Å². The number of nitrogens with one attached hydrogen (secondary N) is 1. The molecule has 114 valence electrons. The molecule has 0 aromatic heterocycles. The summed E-state index contributed by atoms with van der Waals surface area (Å²) < 4.78 is 0. The predicted molar refractivity (Wildman–Crippen MR) is 79.8 cm³/mol. The summed E-state index contributed by atoms with van der Waals surface area (Å²) in [7, 11) is 1.76. The van der Waals surface area contributed by atoms with E-state index < -0.39 is 5.97 Å². The molecule has 1 aliphatic rings. The van der Waals surface area contributed by atoms with E-state index in [2.05, 4.69) is 5.32 Å². The van der Waals surface area contributed by atoms with Gasteiger partial charge in [0.2, 0.25) is 5.91 Å². The summed E-state index contributed by atoms with van der Waals surface area (Å²) in [5.74, 6) is -0.369. The van der Waals surface area contributed by atoms with Gasteiger partial charge in [-0.05, 0) is 31.4 Å². The summed E-state index contributed by atoms with van der Waals surface area (Å²) in [5, 5.41) is 11.7. The minimum Gasteiger partial charge on any atom is -0.481 e. The van der Waals surface area contributed by atoms with Gasteiger partial charge in [0.1, 0.15) is 0 Å². The van der Waals surface area contributed by atoms with Gasteiger partial charge in [-0.15, -0.1) is 0 Å². The van der Waals surface area contributed by atoms with Crippen molar-refractivity contribution in [2.75, 3.05) is 20.1 Å². The van der Waals surface area contributed by atoms with Gasteiger partial charge in [-0.25, -0.2) is 0 Å². The fourth-order valence-corrected chi connectivity index (χ4v) is 2.39. The molecule has 1 aromatic carbocycles. The number of benzene rings is 1. The van der Waals surface area contributed by atoms with E-state index in [4.69, 9.17) is 5.11 Å². The van der Waals surface area contributed by atoms with Crippen LogP contribution < -0.4 is 5.32 Å². The number of hydrogen-bond acceptors (Lipinski definition) is 3. The van der Waals surface area contributed by atoms with Gasteiger partial charge < -0.3 is 10.4 Å². The van der Waals surface area contributed by atoms with Gasteiger partial charge in [-0.2, -0.15) is 0 Å². The first-order valence-electron chi connectivity index (χ1n) is 7.31. The van der Waals surface area contributed by atoms with E-state index in [1.54, 1.807) is 11.9 Å². The van der Waals surface area contributed by atoms with Crippen molar-refractivity contribution < 1.29 is 14.7 Å². The highest BCUT2D eigenvalue weighted by atomic mass is 16.4. The highest BCUT2D eigenvalue weighted by Crippen LogP contribution is 2.40. The normalized spacial score (nSPS) is 15.7. The summed E-state index contributed by atoms with van der Waals surface area (Å²) in [6.45, 7) is 0.603. The molecule has 1 atom stereocenters. The quantitative estimate of drug-likeness (QED) is 0.764. The number of amides is 1. The first-order valence-corrected chi connectivity index (χ1v) is 7.31. The lowest BCUT2D eigenvalue weighted by Gasteiger charge is -2.21. The van der Waals surface area contributed by atoms with E-state index in [9.17, 15) is 9.59 Å². The van der Waals surface area contributed by atoms with Gasteiger partial charge in [0.25, 0.3) is 0 Å². The summed E-state index contributed by atoms with van der Waals surface area (Å²) >= 11 is 0. The van der Waals surface area contributed by atoms with E-state index in [0.29, 0.717) is 12.5 Å². The Bertz CT molecular complexity index is 486. The Hall–Kier alpha value is -1.88. The van der Waals surface area contributed by atoms with Crippen LogP contribution in [-0.2, 0) is 9.59 Å². The molecule has 0 heterocycles.